The highest BCUT2D eigenvalue weighted by Crippen LogP contribution is 2.08. The Balaban J connectivity index is 2.93. The van der Waals surface area contributed by atoms with Gasteiger partial charge >= 0.3 is 5.82 Å². The summed E-state index contributed by atoms with van der Waals surface area (Å²) in [6, 6.07) is 0. The maximum atomic E-state index is 10.2. The van der Waals surface area contributed by atoms with E-state index in [-0.39, 0.29) is 5.82 Å². The van der Waals surface area contributed by atoms with Gasteiger partial charge in [-0.2, -0.15) is 0 Å². The average Bonchev–Trinajstić information content (AvgIpc) is 2.04. The molecule has 0 spiro atoms. The molecule has 0 aliphatic heterocycles. The van der Waals surface area contributed by atoms with Crippen molar-refractivity contribution in [3.05, 3.63) is 22.5 Å². The van der Waals surface area contributed by atoms with Crippen molar-refractivity contribution in [2.45, 2.75) is 0 Å². The second-order valence-corrected chi connectivity index (χ2v) is 2.38. The van der Waals surface area contributed by atoms with Crippen LogP contribution in [0.3, 0.4) is 0 Å². The van der Waals surface area contributed by atoms with Gasteiger partial charge in [0.25, 0.3) is 0 Å². The van der Waals surface area contributed by atoms with Crippen LogP contribution in [0, 0.1) is 10.1 Å². The van der Waals surface area contributed by atoms with Crippen molar-refractivity contribution >= 4 is 11.6 Å². The number of nitrogens with zero attached hydrogens (tertiary/aromatic N) is 4. The standard InChI is InChI=1S/C6H8N4O2/c1-9(2)5-3-8-6(4-7-5)10(11)12/h3-4H,1-2H3. The molecule has 1 aromatic rings. The molecule has 1 rings (SSSR count). The van der Waals surface area contributed by atoms with Crippen molar-refractivity contribution in [1.29, 1.82) is 0 Å². The second-order valence-electron chi connectivity index (χ2n) is 2.38. The predicted octanol–water partition coefficient (Wildman–Crippen LogP) is 0.451. The molecule has 0 amide bonds. The van der Waals surface area contributed by atoms with Crippen LogP contribution in [0.15, 0.2) is 12.4 Å². The Bertz CT molecular complexity index is 282. The fraction of sp³-hybridized carbons (Fsp3) is 0.333. The number of rotatable bonds is 2. The summed E-state index contributed by atoms with van der Waals surface area (Å²) in [7, 11) is 3.58. The highest BCUT2D eigenvalue weighted by molar-refractivity contribution is 5.35. The van der Waals surface area contributed by atoms with Crippen LogP contribution in [-0.2, 0) is 0 Å². The maximum absolute atomic E-state index is 10.2. The molecule has 12 heavy (non-hydrogen) atoms. The van der Waals surface area contributed by atoms with E-state index in [4.69, 9.17) is 0 Å². The summed E-state index contributed by atoms with van der Waals surface area (Å²) in [5, 5.41) is 10.2. The van der Waals surface area contributed by atoms with Gasteiger partial charge in [0.05, 0.1) is 0 Å². The molecule has 0 saturated carbocycles. The Kier molecular flexibility index (Phi) is 2.18. The van der Waals surface area contributed by atoms with Crippen LogP contribution < -0.4 is 4.90 Å². The normalized spacial score (nSPS) is 9.50. The Morgan fingerprint density at radius 1 is 1.42 bits per heavy atom. The molecular weight excluding hydrogens is 160 g/mol. The Morgan fingerprint density at radius 3 is 2.42 bits per heavy atom. The van der Waals surface area contributed by atoms with Gasteiger partial charge in [0.1, 0.15) is 6.20 Å². The fourth-order valence-corrected chi connectivity index (χ4v) is 0.640. The van der Waals surface area contributed by atoms with Gasteiger partial charge in [0, 0.05) is 14.1 Å². The van der Waals surface area contributed by atoms with Crippen LogP contribution in [0.5, 0.6) is 0 Å². The third-order valence-electron chi connectivity index (χ3n) is 1.27. The number of anilines is 1. The highest BCUT2D eigenvalue weighted by atomic mass is 16.6. The molecule has 0 N–H and O–H groups in total. The first-order chi connectivity index (χ1) is 5.61. The first-order valence-corrected chi connectivity index (χ1v) is 3.25. The van der Waals surface area contributed by atoms with Crippen molar-refractivity contribution in [3.63, 3.8) is 0 Å². The minimum Gasteiger partial charge on any atom is -0.360 e. The lowest BCUT2D eigenvalue weighted by molar-refractivity contribution is -0.389. The largest absolute Gasteiger partial charge is 0.382 e. The molecule has 0 unspecified atom stereocenters. The van der Waals surface area contributed by atoms with Crippen LogP contribution >= 0.6 is 0 Å². The average molecular weight is 168 g/mol. The zero-order chi connectivity index (χ0) is 9.14. The van der Waals surface area contributed by atoms with E-state index in [0.29, 0.717) is 5.82 Å². The molecule has 0 fully saturated rings. The van der Waals surface area contributed by atoms with E-state index in [1.54, 1.807) is 19.0 Å². The molecule has 0 aliphatic rings. The summed E-state index contributed by atoms with van der Waals surface area (Å²) in [6.45, 7) is 0. The topological polar surface area (TPSA) is 72.2 Å². The van der Waals surface area contributed by atoms with E-state index in [0.717, 1.165) is 6.20 Å². The minimum atomic E-state index is -0.577. The van der Waals surface area contributed by atoms with Crippen molar-refractivity contribution in [2.24, 2.45) is 0 Å². The van der Waals surface area contributed by atoms with E-state index in [9.17, 15) is 10.1 Å². The Morgan fingerprint density at radius 2 is 2.08 bits per heavy atom. The van der Waals surface area contributed by atoms with E-state index in [2.05, 4.69) is 9.97 Å². The summed E-state index contributed by atoms with van der Waals surface area (Å²) >= 11 is 0. The molecule has 0 aliphatic carbocycles. The molecule has 6 heteroatoms. The lowest BCUT2D eigenvalue weighted by Crippen LogP contribution is -2.11. The van der Waals surface area contributed by atoms with Crippen molar-refractivity contribution in [2.75, 3.05) is 19.0 Å². The Hall–Kier alpha value is -1.72. The molecule has 6 nitrogen and oxygen atoms in total. The third-order valence-corrected chi connectivity index (χ3v) is 1.27. The van der Waals surface area contributed by atoms with Gasteiger partial charge in [-0.1, -0.05) is 0 Å². The summed E-state index contributed by atoms with van der Waals surface area (Å²) in [5.74, 6) is 0.362. The molecule has 64 valence electrons. The second kappa shape index (κ2) is 3.12. The minimum absolute atomic E-state index is 0.236. The number of hydrogen-bond acceptors (Lipinski definition) is 5. The van der Waals surface area contributed by atoms with E-state index in [1.807, 2.05) is 0 Å². The van der Waals surface area contributed by atoms with Gasteiger partial charge in [-0.3, -0.25) is 0 Å². The van der Waals surface area contributed by atoms with E-state index < -0.39 is 4.92 Å². The molecule has 0 atom stereocenters. The maximum Gasteiger partial charge on any atom is 0.382 e. The predicted molar refractivity (Wildman–Crippen MR) is 43.0 cm³/mol. The molecule has 0 aromatic carbocycles. The molecule has 1 heterocycles. The monoisotopic (exact) mass is 168 g/mol. The first-order valence-electron chi connectivity index (χ1n) is 3.25. The molecule has 0 saturated heterocycles. The van der Waals surface area contributed by atoms with Crippen LogP contribution in [0.25, 0.3) is 0 Å². The van der Waals surface area contributed by atoms with Crippen molar-refractivity contribution in [1.82, 2.24) is 9.97 Å². The zero-order valence-corrected chi connectivity index (χ0v) is 6.76. The lowest BCUT2D eigenvalue weighted by atomic mass is 10.6. The van der Waals surface area contributed by atoms with Crippen LogP contribution in [0.1, 0.15) is 0 Å². The Labute approximate surface area is 69.0 Å². The fourth-order valence-electron chi connectivity index (χ4n) is 0.640. The highest BCUT2D eigenvalue weighted by Gasteiger charge is 2.07. The van der Waals surface area contributed by atoms with Gasteiger partial charge in [-0.25, -0.2) is 4.98 Å². The van der Waals surface area contributed by atoms with Crippen LogP contribution in [0.4, 0.5) is 11.6 Å². The molecule has 0 radical (unpaired) electrons. The van der Waals surface area contributed by atoms with Crippen LogP contribution in [-0.4, -0.2) is 29.0 Å². The third kappa shape index (κ3) is 1.66. The zero-order valence-electron chi connectivity index (χ0n) is 6.76. The summed E-state index contributed by atoms with van der Waals surface area (Å²) in [5.41, 5.74) is 0. The van der Waals surface area contributed by atoms with Gasteiger partial charge in [0.15, 0.2) is 12.0 Å². The number of aromatic nitrogens is 2. The number of hydrogen-bond donors (Lipinski definition) is 0. The first kappa shape index (κ1) is 8.38. The lowest BCUT2D eigenvalue weighted by Gasteiger charge is -2.06. The molecule has 0 bridgehead atoms. The van der Waals surface area contributed by atoms with E-state index in [1.165, 1.54) is 6.20 Å². The SMILES string of the molecule is CN(C)c1cnc([N+](=O)[O-])cn1. The summed E-state index contributed by atoms with van der Waals surface area (Å²) in [4.78, 5) is 18.7. The van der Waals surface area contributed by atoms with Gasteiger partial charge in [-0.15, -0.1) is 0 Å². The van der Waals surface area contributed by atoms with Crippen molar-refractivity contribution < 1.29 is 4.92 Å². The molecular formula is C6H8N4O2. The number of nitro groups is 1. The van der Waals surface area contributed by atoms with Gasteiger partial charge in [-0.05, 0) is 9.91 Å². The summed E-state index contributed by atoms with van der Waals surface area (Å²) in [6.07, 6.45) is 2.49. The smallest absolute Gasteiger partial charge is 0.360 e. The van der Waals surface area contributed by atoms with E-state index >= 15 is 0 Å². The summed E-state index contributed by atoms with van der Waals surface area (Å²) < 4.78 is 0. The van der Waals surface area contributed by atoms with Gasteiger partial charge < -0.3 is 15.0 Å². The van der Waals surface area contributed by atoms with Gasteiger partial charge in [0.2, 0.25) is 0 Å². The quantitative estimate of drug-likeness (QED) is 0.473. The molecule has 1 aromatic heterocycles. The van der Waals surface area contributed by atoms with Crippen LogP contribution in [0.2, 0.25) is 0 Å². The van der Waals surface area contributed by atoms with Crippen molar-refractivity contribution in [3.8, 4) is 0 Å².